The monoisotopic (exact) mass is 142 g/mol. The van der Waals surface area contributed by atoms with Gasteiger partial charge in [0.1, 0.15) is 0 Å². The van der Waals surface area contributed by atoms with Crippen molar-refractivity contribution in [3.05, 3.63) is 12.4 Å². The Kier molecular flexibility index (Phi) is 1.85. The zero-order chi connectivity index (χ0) is 7.72. The number of likely N-dealkylation sites (N-methyl/N-ethyl adjacent to an activating group) is 2. The molecular formula is C7H14N2O. The number of hydrogen-bond donors (Lipinski definition) is 1. The lowest BCUT2D eigenvalue weighted by molar-refractivity contribution is 0.202. The Labute approximate surface area is 61.5 Å². The first-order valence-electron chi connectivity index (χ1n) is 3.40. The molecule has 1 N–H and O–H groups in total. The van der Waals surface area contributed by atoms with E-state index in [4.69, 9.17) is 5.11 Å². The van der Waals surface area contributed by atoms with Gasteiger partial charge in [-0.15, -0.1) is 0 Å². The van der Waals surface area contributed by atoms with Crippen molar-refractivity contribution in [3.8, 4) is 0 Å². The van der Waals surface area contributed by atoms with E-state index >= 15 is 0 Å². The van der Waals surface area contributed by atoms with Gasteiger partial charge in [-0.2, -0.15) is 0 Å². The van der Waals surface area contributed by atoms with Crippen LogP contribution in [0, 0.1) is 0 Å². The second-order valence-corrected chi connectivity index (χ2v) is 2.74. The van der Waals surface area contributed by atoms with Crippen LogP contribution in [-0.2, 0) is 0 Å². The minimum absolute atomic E-state index is 0.208. The number of hydrogen-bond acceptors (Lipinski definition) is 3. The summed E-state index contributed by atoms with van der Waals surface area (Å²) in [5, 5.41) is 8.86. The standard InChI is InChI=1S/C7H14N2O/c1-6-8(2)4-7(5-10)9(6)3/h7,10H,1,4-5H2,2-3H3/t7-/m1/s1. The summed E-state index contributed by atoms with van der Waals surface area (Å²) in [5.41, 5.74) is 0. The molecule has 0 amide bonds. The van der Waals surface area contributed by atoms with Crippen LogP contribution >= 0.6 is 0 Å². The van der Waals surface area contributed by atoms with Gasteiger partial charge in [0.15, 0.2) is 0 Å². The average molecular weight is 142 g/mol. The molecule has 1 aliphatic heterocycles. The van der Waals surface area contributed by atoms with Crippen molar-refractivity contribution in [1.82, 2.24) is 9.80 Å². The quantitative estimate of drug-likeness (QED) is 0.544. The SMILES string of the molecule is C=C1N(C)C[C@H](CO)N1C. The molecule has 0 saturated carbocycles. The normalized spacial score (nSPS) is 26.3. The molecule has 0 aliphatic carbocycles. The summed E-state index contributed by atoms with van der Waals surface area (Å²) < 4.78 is 0. The first kappa shape index (κ1) is 7.41. The van der Waals surface area contributed by atoms with Gasteiger partial charge in [0, 0.05) is 20.6 Å². The highest BCUT2D eigenvalue weighted by Gasteiger charge is 2.26. The Morgan fingerprint density at radius 3 is 2.50 bits per heavy atom. The molecule has 0 aromatic carbocycles. The van der Waals surface area contributed by atoms with Crippen molar-refractivity contribution < 1.29 is 5.11 Å². The van der Waals surface area contributed by atoms with Crippen LogP contribution in [0.5, 0.6) is 0 Å². The molecule has 3 nitrogen and oxygen atoms in total. The predicted molar refractivity (Wildman–Crippen MR) is 40.4 cm³/mol. The van der Waals surface area contributed by atoms with Gasteiger partial charge >= 0.3 is 0 Å². The summed E-state index contributed by atoms with van der Waals surface area (Å²) in [7, 11) is 3.93. The highest BCUT2D eigenvalue weighted by atomic mass is 16.3. The van der Waals surface area contributed by atoms with Gasteiger partial charge in [-0.05, 0) is 0 Å². The highest BCUT2D eigenvalue weighted by molar-refractivity contribution is 5.01. The lowest BCUT2D eigenvalue weighted by atomic mass is 10.3. The largest absolute Gasteiger partial charge is 0.394 e. The Morgan fingerprint density at radius 2 is 2.30 bits per heavy atom. The van der Waals surface area contributed by atoms with Crippen LogP contribution in [-0.4, -0.2) is 48.2 Å². The molecule has 10 heavy (non-hydrogen) atoms. The third-order valence-electron chi connectivity index (χ3n) is 2.09. The molecule has 3 heteroatoms. The number of aliphatic hydroxyl groups is 1. The molecule has 0 bridgehead atoms. The van der Waals surface area contributed by atoms with Crippen molar-refractivity contribution in [2.75, 3.05) is 27.2 Å². The summed E-state index contributed by atoms with van der Waals surface area (Å²) in [6.07, 6.45) is 0. The van der Waals surface area contributed by atoms with Gasteiger partial charge in [0.25, 0.3) is 0 Å². The molecule has 58 valence electrons. The van der Waals surface area contributed by atoms with Crippen molar-refractivity contribution >= 4 is 0 Å². The van der Waals surface area contributed by atoms with Crippen LogP contribution in [0.4, 0.5) is 0 Å². The second-order valence-electron chi connectivity index (χ2n) is 2.74. The summed E-state index contributed by atoms with van der Waals surface area (Å²) in [6, 6.07) is 0.234. The molecule has 1 heterocycles. The Morgan fingerprint density at radius 1 is 1.70 bits per heavy atom. The average Bonchev–Trinajstić information content (AvgIpc) is 2.17. The molecule has 0 unspecified atom stereocenters. The minimum atomic E-state index is 0.208. The van der Waals surface area contributed by atoms with Crippen LogP contribution in [0.15, 0.2) is 12.4 Å². The molecule has 1 atom stereocenters. The maximum absolute atomic E-state index is 8.86. The molecular weight excluding hydrogens is 128 g/mol. The minimum Gasteiger partial charge on any atom is -0.394 e. The van der Waals surface area contributed by atoms with Crippen LogP contribution in [0.3, 0.4) is 0 Å². The van der Waals surface area contributed by atoms with Gasteiger partial charge in [0.05, 0.1) is 18.5 Å². The molecule has 1 saturated heterocycles. The van der Waals surface area contributed by atoms with E-state index < -0.39 is 0 Å². The van der Waals surface area contributed by atoms with Crippen LogP contribution in [0.25, 0.3) is 0 Å². The van der Waals surface area contributed by atoms with Crippen molar-refractivity contribution in [2.45, 2.75) is 6.04 Å². The fraction of sp³-hybridized carbons (Fsp3) is 0.714. The van der Waals surface area contributed by atoms with Gasteiger partial charge in [-0.25, -0.2) is 0 Å². The van der Waals surface area contributed by atoms with E-state index in [1.807, 2.05) is 23.9 Å². The maximum atomic E-state index is 8.86. The third kappa shape index (κ3) is 0.968. The van der Waals surface area contributed by atoms with E-state index in [-0.39, 0.29) is 12.6 Å². The molecule has 0 aromatic rings. The number of nitrogens with zero attached hydrogens (tertiary/aromatic N) is 2. The summed E-state index contributed by atoms with van der Waals surface area (Å²) in [5.74, 6) is 0.985. The first-order valence-corrected chi connectivity index (χ1v) is 3.40. The van der Waals surface area contributed by atoms with Gasteiger partial charge in [0.2, 0.25) is 0 Å². The zero-order valence-electron chi connectivity index (χ0n) is 6.54. The summed E-state index contributed by atoms with van der Waals surface area (Å²) >= 11 is 0. The Hall–Kier alpha value is -0.700. The smallest absolute Gasteiger partial charge is 0.0964 e. The molecule has 1 aliphatic rings. The predicted octanol–water partition coefficient (Wildman–Crippen LogP) is -0.304. The van der Waals surface area contributed by atoms with Crippen LogP contribution in [0.2, 0.25) is 0 Å². The van der Waals surface area contributed by atoms with E-state index in [0.717, 1.165) is 12.4 Å². The van der Waals surface area contributed by atoms with Crippen molar-refractivity contribution in [2.24, 2.45) is 0 Å². The Balaban J connectivity index is 2.61. The first-order chi connectivity index (χ1) is 4.66. The molecule has 0 radical (unpaired) electrons. The maximum Gasteiger partial charge on any atom is 0.0964 e. The van der Waals surface area contributed by atoms with E-state index in [1.165, 1.54) is 0 Å². The number of rotatable bonds is 1. The fourth-order valence-electron chi connectivity index (χ4n) is 1.20. The lowest BCUT2D eigenvalue weighted by Gasteiger charge is -2.18. The van der Waals surface area contributed by atoms with E-state index in [1.54, 1.807) is 0 Å². The Bertz CT molecular complexity index is 147. The molecule has 1 fully saturated rings. The summed E-state index contributed by atoms with van der Waals surface area (Å²) in [6.45, 7) is 4.94. The van der Waals surface area contributed by atoms with E-state index in [9.17, 15) is 0 Å². The lowest BCUT2D eigenvalue weighted by Crippen LogP contribution is -2.28. The zero-order valence-corrected chi connectivity index (χ0v) is 6.54. The third-order valence-corrected chi connectivity index (χ3v) is 2.09. The van der Waals surface area contributed by atoms with Crippen molar-refractivity contribution in [3.63, 3.8) is 0 Å². The number of aliphatic hydroxyl groups excluding tert-OH is 1. The van der Waals surface area contributed by atoms with E-state index in [2.05, 4.69) is 6.58 Å². The summed E-state index contributed by atoms with van der Waals surface area (Å²) in [4.78, 5) is 4.04. The van der Waals surface area contributed by atoms with Crippen LogP contribution in [0.1, 0.15) is 0 Å². The molecule has 0 spiro atoms. The van der Waals surface area contributed by atoms with Gasteiger partial charge in [-0.3, -0.25) is 0 Å². The second kappa shape index (κ2) is 2.50. The van der Waals surface area contributed by atoms with Crippen LogP contribution < -0.4 is 0 Å². The van der Waals surface area contributed by atoms with Gasteiger partial charge < -0.3 is 14.9 Å². The van der Waals surface area contributed by atoms with Gasteiger partial charge in [-0.1, -0.05) is 6.58 Å². The highest BCUT2D eigenvalue weighted by Crippen LogP contribution is 2.17. The fourth-order valence-corrected chi connectivity index (χ4v) is 1.20. The van der Waals surface area contributed by atoms with Crippen molar-refractivity contribution in [1.29, 1.82) is 0 Å². The topological polar surface area (TPSA) is 26.7 Å². The van der Waals surface area contributed by atoms with E-state index in [0.29, 0.717) is 0 Å². The molecule has 0 aromatic heterocycles. The molecule has 1 rings (SSSR count).